The van der Waals surface area contributed by atoms with Gasteiger partial charge in [-0.25, -0.2) is 0 Å². The number of hydrogen-bond acceptors (Lipinski definition) is 2. The van der Waals surface area contributed by atoms with E-state index in [0.717, 1.165) is 12.8 Å². The molecule has 4 nitrogen and oxygen atoms in total. The summed E-state index contributed by atoms with van der Waals surface area (Å²) in [6.45, 7) is 2.01. The van der Waals surface area contributed by atoms with Crippen LogP contribution in [0.2, 0.25) is 0 Å². The molecule has 0 unspecified atom stereocenters. The minimum atomic E-state index is -0.985. The van der Waals surface area contributed by atoms with Crippen LogP contribution in [0.3, 0.4) is 0 Å². The molecular formula is C24H47NO3. The third-order valence-electron chi connectivity index (χ3n) is 5.44. The van der Waals surface area contributed by atoms with Crippen LogP contribution in [0.25, 0.3) is 0 Å². The molecule has 0 aliphatic heterocycles. The molecule has 0 fully saturated rings. The molecule has 166 valence electrons. The van der Waals surface area contributed by atoms with Gasteiger partial charge in [0.2, 0.25) is 5.91 Å². The molecule has 4 heteroatoms. The molecule has 0 spiro atoms. The van der Waals surface area contributed by atoms with Gasteiger partial charge in [-0.1, -0.05) is 122 Å². The predicted molar refractivity (Wildman–Crippen MR) is 119 cm³/mol. The van der Waals surface area contributed by atoms with E-state index in [1.54, 1.807) is 0 Å². The van der Waals surface area contributed by atoms with Crippen molar-refractivity contribution >= 4 is 11.9 Å². The summed E-state index contributed by atoms with van der Waals surface area (Å²) in [5, 5.41) is 10.9. The number of aliphatic carboxylic acids is 1. The topological polar surface area (TPSA) is 66.4 Å². The summed E-state index contributed by atoms with van der Waals surface area (Å²) in [5.41, 5.74) is 0. The Morgan fingerprint density at radius 2 is 0.893 bits per heavy atom. The summed E-state index contributed by atoms with van der Waals surface area (Å²) in [6.07, 6.45) is 25.9. The summed E-state index contributed by atoms with van der Waals surface area (Å²) in [5.74, 6) is -1.13. The van der Waals surface area contributed by atoms with Gasteiger partial charge in [0.15, 0.2) is 0 Å². The molecule has 0 radical (unpaired) electrons. The minimum absolute atomic E-state index is 0.144. The minimum Gasteiger partial charge on any atom is -0.480 e. The second-order valence-electron chi connectivity index (χ2n) is 8.28. The van der Waals surface area contributed by atoms with Crippen molar-refractivity contribution in [3.05, 3.63) is 0 Å². The fourth-order valence-corrected chi connectivity index (χ4v) is 3.63. The predicted octanol–water partition coefficient (Wildman–Crippen LogP) is 7.01. The second-order valence-corrected chi connectivity index (χ2v) is 8.28. The molecule has 0 aromatic carbocycles. The first kappa shape index (κ1) is 26.9. The standard InChI is InChI=1S/C24H47NO3/c1-2-3-4-5-6-7-8-9-10-11-12-13-14-15-16-17-18-19-20-21-23(26)25-22-24(27)28/h2-22H2,1H3,(H,25,26)(H,27,28). The van der Waals surface area contributed by atoms with Crippen LogP contribution in [0.4, 0.5) is 0 Å². The molecule has 0 aliphatic carbocycles. The van der Waals surface area contributed by atoms with E-state index < -0.39 is 5.97 Å². The molecule has 0 aromatic heterocycles. The van der Waals surface area contributed by atoms with Gasteiger partial charge in [-0.05, 0) is 6.42 Å². The highest BCUT2D eigenvalue weighted by Gasteiger charge is 2.03. The van der Waals surface area contributed by atoms with Crippen molar-refractivity contribution in [3.8, 4) is 0 Å². The van der Waals surface area contributed by atoms with Crippen LogP contribution in [-0.2, 0) is 9.59 Å². The van der Waals surface area contributed by atoms with Crippen LogP contribution in [0.15, 0.2) is 0 Å². The number of carboxylic acids is 1. The van der Waals surface area contributed by atoms with Crippen LogP contribution in [0.1, 0.15) is 135 Å². The normalized spacial score (nSPS) is 10.9. The largest absolute Gasteiger partial charge is 0.480 e. The fraction of sp³-hybridized carbons (Fsp3) is 0.917. The van der Waals surface area contributed by atoms with Crippen LogP contribution in [-0.4, -0.2) is 23.5 Å². The fourth-order valence-electron chi connectivity index (χ4n) is 3.63. The molecule has 1 amide bonds. The van der Waals surface area contributed by atoms with E-state index in [-0.39, 0.29) is 12.5 Å². The van der Waals surface area contributed by atoms with Crippen molar-refractivity contribution in [1.82, 2.24) is 5.32 Å². The maximum absolute atomic E-state index is 11.4. The Kier molecular flexibility index (Phi) is 21.4. The highest BCUT2D eigenvalue weighted by Crippen LogP contribution is 2.14. The average molecular weight is 398 g/mol. The molecule has 28 heavy (non-hydrogen) atoms. The summed E-state index contributed by atoms with van der Waals surface area (Å²) >= 11 is 0. The van der Waals surface area contributed by atoms with Crippen molar-refractivity contribution in [3.63, 3.8) is 0 Å². The first-order valence-corrected chi connectivity index (χ1v) is 12.1. The SMILES string of the molecule is CCCCCCCCCCCCCCCCCCCCCC(=O)NCC(=O)O. The Labute approximate surface area is 174 Å². The van der Waals surface area contributed by atoms with Gasteiger partial charge in [-0.3, -0.25) is 9.59 Å². The highest BCUT2D eigenvalue weighted by molar-refractivity contribution is 5.80. The zero-order chi connectivity index (χ0) is 20.7. The molecule has 0 rings (SSSR count). The number of rotatable bonds is 22. The average Bonchev–Trinajstić information content (AvgIpc) is 2.68. The van der Waals surface area contributed by atoms with Crippen molar-refractivity contribution < 1.29 is 14.7 Å². The summed E-state index contributed by atoms with van der Waals surface area (Å²) in [6, 6.07) is 0. The van der Waals surface area contributed by atoms with E-state index in [4.69, 9.17) is 5.11 Å². The number of amides is 1. The monoisotopic (exact) mass is 397 g/mol. The lowest BCUT2D eigenvalue weighted by Crippen LogP contribution is -2.28. The van der Waals surface area contributed by atoms with E-state index in [9.17, 15) is 9.59 Å². The summed E-state index contributed by atoms with van der Waals surface area (Å²) < 4.78 is 0. The Balaban J connectivity index is 3.08. The molecule has 0 saturated heterocycles. The van der Waals surface area contributed by atoms with Crippen LogP contribution >= 0.6 is 0 Å². The van der Waals surface area contributed by atoms with Gasteiger partial charge in [-0.2, -0.15) is 0 Å². The van der Waals surface area contributed by atoms with Gasteiger partial charge in [0.05, 0.1) is 0 Å². The lowest BCUT2D eigenvalue weighted by atomic mass is 10.0. The zero-order valence-electron chi connectivity index (χ0n) is 18.6. The smallest absolute Gasteiger partial charge is 0.322 e. The van der Waals surface area contributed by atoms with E-state index in [0.29, 0.717) is 6.42 Å². The molecular weight excluding hydrogens is 350 g/mol. The molecule has 0 aliphatic rings. The van der Waals surface area contributed by atoms with E-state index in [1.807, 2.05) is 0 Å². The maximum atomic E-state index is 11.4. The van der Waals surface area contributed by atoms with E-state index in [1.165, 1.54) is 109 Å². The molecule has 0 atom stereocenters. The third kappa shape index (κ3) is 23.0. The van der Waals surface area contributed by atoms with Crippen LogP contribution in [0, 0.1) is 0 Å². The number of carbonyl (C=O) groups excluding carboxylic acids is 1. The number of nitrogens with one attached hydrogen (secondary N) is 1. The Bertz CT molecular complexity index is 358. The number of carbonyl (C=O) groups is 2. The Morgan fingerprint density at radius 3 is 1.21 bits per heavy atom. The summed E-state index contributed by atoms with van der Waals surface area (Å²) in [4.78, 5) is 21.7. The van der Waals surface area contributed by atoms with Gasteiger partial charge < -0.3 is 10.4 Å². The Hall–Kier alpha value is -1.06. The van der Waals surface area contributed by atoms with Crippen molar-refractivity contribution in [2.75, 3.05) is 6.54 Å². The number of carboxylic acid groups (broad SMARTS) is 1. The van der Waals surface area contributed by atoms with Crippen LogP contribution in [0.5, 0.6) is 0 Å². The van der Waals surface area contributed by atoms with Gasteiger partial charge in [0, 0.05) is 6.42 Å². The zero-order valence-corrected chi connectivity index (χ0v) is 18.6. The lowest BCUT2D eigenvalue weighted by molar-refractivity contribution is -0.137. The molecule has 2 N–H and O–H groups in total. The first-order chi connectivity index (χ1) is 13.7. The molecule has 0 saturated carbocycles. The maximum Gasteiger partial charge on any atom is 0.322 e. The van der Waals surface area contributed by atoms with E-state index in [2.05, 4.69) is 12.2 Å². The van der Waals surface area contributed by atoms with Gasteiger partial charge in [-0.15, -0.1) is 0 Å². The highest BCUT2D eigenvalue weighted by atomic mass is 16.4. The molecule has 0 bridgehead atoms. The van der Waals surface area contributed by atoms with Gasteiger partial charge in [0.25, 0.3) is 0 Å². The van der Waals surface area contributed by atoms with Gasteiger partial charge in [0.1, 0.15) is 6.54 Å². The third-order valence-corrected chi connectivity index (χ3v) is 5.44. The van der Waals surface area contributed by atoms with Crippen molar-refractivity contribution in [2.45, 2.75) is 135 Å². The molecule has 0 aromatic rings. The summed E-state index contributed by atoms with van der Waals surface area (Å²) in [7, 11) is 0. The Morgan fingerprint density at radius 1 is 0.571 bits per heavy atom. The molecule has 0 heterocycles. The number of unbranched alkanes of at least 4 members (excludes halogenated alkanes) is 18. The van der Waals surface area contributed by atoms with E-state index >= 15 is 0 Å². The van der Waals surface area contributed by atoms with Crippen molar-refractivity contribution in [2.24, 2.45) is 0 Å². The lowest BCUT2D eigenvalue weighted by Gasteiger charge is -2.04. The van der Waals surface area contributed by atoms with Crippen molar-refractivity contribution in [1.29, 1.82) is 0 Å². The quantitative estimate of drug-likeness (QED) is 0.193. The second kappa shape index (κ2) is 22.2. The first-order valence-electron chi connectivity index (χ1n) is 12.1. The van der Waals surface area contributed by atoms with Gasteiger partial charge >= 0.3 is 5.97 Å². The number of hydrogen-bond donors (Lipinski definition) is 2. The van der Waals surface area contributed by atoms with Crippen LogP contribution < -0.4 is 5.32 Å².